The van der Waals surface area contributed by atoms with Crippen molar-refractivity contribution in [2.24, 2.45) is 0 Å². The van der Waals surface area contributed by atoms with Crippen molar-refractivity contribution >= 4 is 30.1 Å². The van der Waals surface area contributed by atoms with Crippen molar-refractivity contribution in [2.75, 3.05) is 13.1 Å². The Labute approximate surface area is 130 Å². The van der Waals surface area contributed by atoms with Crippen LogP contribution in [0.25, 0.3) is 0 Å². The first-order chi connectivity index (χ1) is 9.33. The Bertz CT molecular complexity index is 438. The lowest BCUT2D eigenvalue weighted by molar-refractivity contribution is -0.120. The highest BCUT2D eigenvalue weighted by atomic mass is 35.5. The van der Waals surface area contributed by atoms with Gasteiger partial charge in [-0.3, -0.25) is 4.79 Å². The number of rotatable bonds is 4. The van der Waals surface area contributed by atoms with Gasteiger partial charge in [0.05, 0.1) is 5.25 Å². The molecule has 2 aliphatic rings. The summed E-state index contributed by atoms with van der Waals surface area (Å²) in [5.41, 5.74) is 1.31. The monoisotopic (exact) mass is 312 g/mol. The molecule has 1 saturated heterocycles. The predicted octanol–water partition coefficient (Wildman–Crippen LogP) is 2.38. The van der Waals surface area contributed by atoms with Gasteiger partial charge in [0.1, 0.15) is 0 Å². The second-order valence-electron chi connectivity index (χ2n) is 5.29. The van der Waals surface area contributed by atoms with Crippen molar-refractivity contribution in [3.63, 3.8) is 0 Å². The molecule has 3 nitrogen and oxygen atoms in total. The van der Waals surface area contributed by atoms with Crippen LogP contribution in [0.3, 0.4) is 0 Å². The topological polar surface area (TPSA) is 41.1 Å². The Hall–Kier alpha value is -0.710. The van der Waals surface area contributed by atoms with E-state index in [2.05, 4.69) is 22.8 Å². The van der Waals surface area contributed by atoms with Crippen LogP contribution >= 0.6 is 24.2 Å². The summed E-state index contributed by atoms with van der Waals surface area (Å²) in [6.07, 6.45) is 4.44. The predicted molar refractivity (Wildman–Crippen MR) is 85.7 cm³/mol. The molecule has 2 heterocycles. The minimum absolute atomic E-state index is 0. The third kappa shape index (κ3) is 3.68. The summed E-state index contributed by atoms with van der Waals surface area (Å²) in [4.78, 5) is 13.4. The second-order valence-corrected chi connectivity index (χ2v) is 6.54. The van der Waals surface area contributed by atoms with E-state index in [0.29, 0.717) is 6.04 Å². The maximum absolute atomic E-state index is 12.1. The Kier molecular flexibility index (Phi) is 5.75. The van der Waals surface area contributed by atoms with Crippen LogP contribution in [-0.2, 0) is 11.2 Å². The number of fused-ring (bicyclic) bond motifs is 1. The van der Waals surface area contributed by atoms with E-state index in [0.717, 1.165) is 25.9 Å². The molecule has 0 aliphatic carbocycles. The Balaban J connectivity index is 0.00000147. The van der Waals surface area contributed by atoms with E-state index in [4.69, 9.17) is 0 Å². The van der Waals surface area contributed by atoms with Crippen molar-refractivity contribution in [3.05, 3.63) is 29.8 Å². The lowest BCUT2D eigenvalue weighted by Gasteiger charge is -2.13. The summed E-state index contributed by atoms with van der Waals surface area (Å²) < 4.78 is 0. The molecule has 0 radical (unpaired) electrons. The SMILES string of the molecule is Cl.O=C(NCC[C@H]1CCCN1)C1Cc2ccccc2S1. The van der Waals surface area contributed by atoms with Gasteiger partial charge in [-0.1, -0.05) is 18.2 Å². The van der Waals surface area contributed by atoms with Crippen LogP contribution in [0.4, 0.5) is 0 Å². The van der Waals surface area contributed by atoms with E-state index in [1.54, 1.807) is 11.8 Å². The number of hydrogen-bond acceptors (Lipinski definition) is 3. The second kappa shape index (κ2) is 7.34. The van der Waals surface area contributed by atoms with Gasteiger partial charge < -0.3 is 10.6 Å². The number of thioether (sulfide) groups is 1. The number of amides is 1. The van der Waals surface area contributed by atoms with Crippen LogP contribution in [0, 0.1) is 0 Å². The fraction of sp³-hybridized carbons (Fsp3) is 0.533. The smallest absolute Gasteiger partial charge is 0.233 e. The van der Waals surface area contributed by atoms with Crippen molar-refractivity contribution < 1.29 is 4.79 Å². The van der Waals surface area contributed by atoms with Crippen LogP contribution in [0.1, 0.15) is 24.8 Å². The molecule has 0 saturated carbocycles. The Morgan fingerprint density at radius 3 is 3.00 bits per heavy atom. The first-order valence-corrected chi connectivity index (χ1v) is 7.96. The third-order valence-corrected chi connectivity index (χ3v) is 5.21. The van der Waals surface area contributed by atoms with Gasteiger partial charge >= 0.3 is 0 Å². The molecule has 1 fully saturated rings. The minimum Gasteiger partial charge on any atom is -0.355 e. The molecule has 3 rings (SSSR count). The molecule has 2 aliphatic heterocycles. The van der Waals surface area contributed by atoms with Crippen LogP contribution in [-0.4, -0.2) is 30.3 Å². The third-order valence-electron chi connectivity index (χ3n) is 3.89. The first-order valence-electron chi connectivity index (χ1n) is 7.08. The van der Waals surface area contributed by atoms with Gasteiger partial charge in [-0.25, -0.2) is 0 Å². The fourth-order valence-corrected chi connectivity index (χ4v) is 4.03. The van der Waals surface area contributed by atoms with Gasteiger partial charge in [0.15, 0.2) is 0 Å². The van der Waals surface area contributed by atoms with Gasteiger partial charge in [0, 0.05) is 17.5 Å². The maximum atomic E-state index is 12.1. The molecule has 1 aromatic carbocycles. The highest BCUT2D eigenvalue weighted by Gasteiger charge is 2.27. The number of carbonyl (C=O) groups is 1. The number of carbonyl (C=O) groups excluding carboxylic acids is 1. The summed E-state index contributed by atoms with van der Waals surface area (Å²) in [6, 6.07) is 8.92. The Morgan fingerprint density at radius 1 is 1.40 bits per heavy atom. The van der Waals surface area contributed by atoms with Gasteiger partial charge in [0.25, 0.3) is 0 Å². The molecule has 1 aromatic rings. The van der Waals surface area contributed by atoms with Crippen LogP contribution in [0.15, 0.2) is 29.2 Å². The minimum atomic E-state index is 0. The largest absolute Gasteiger partial charge is 0.355 e. The quantitative estimate of drug-likeness (QED) is 0.897. The molecule has 2 atom stereocenters. The van der Waals surface area contributed by atoms with E-state index in [9.17, 15) is 4.79 Å². The lowest BCUT2D eigenvalue weighted by Crippen LogP contribution is -2.35. The molecule has 1 unspecified atom stereocenters. The van der Waals surface area contributed by atoms with E-state index in [1.807, 2.05) is 12.1 Å². The van der Waals surface area contributed by atoms with Crippen LogP contribution in [0.2, 0.25) is 0 Å². The number of hydrogen-bond donors (Lipinski definition) is 2. The molecule has 2 N–H and O–H groups in total. The summed E-state index contributed by atoms with van der Waals surface area (Å²) in [6.45, 7) is 1.93. The van der Waals surface area contributed by atoms with Gasteiger partial charge in [-0.15, -0.1) is 24.2 Å². The lowest BCUT2D eigenvalue weighted by atomic mass is 10.1. The first kappa shape index (κ1) is 15.7. The molecule has 20 heavy (non-hydrogen) atoms. The number of nitrogens with one attached hydrogen (secondary N) is 2. The molecule has 0 spiro atoms. The summed E-state index contributed by atoms with van der Waals surface area (Å²) in [5.74, 6) is 0.194. The molecule has 1 amide bonds. The van der Waals surface area contributed by atoms with Crippen molar-refractivity contribution in [3.8, 4) is 0 Å². The molecule has 0 aromatic heterocycles. The van der Waals surface area contributed by atoms with Gasteiger partial charge in [0.2, 0.25) is 5.91 Å². The van der Waals surface area contributed by atoms with E-state index < -0.39 is 0 Å². The molecule has 5 heteroatoms. The van der Waals surface area contributed by atoms with Crippen molar-refractivity contribution in [1.82, 2.24) is 10.6 Å². The van der Waals surface area contributed by atoms with Gasteiger partial charge in [-0.2, -0.15) is 0 Å². The zero-order valence-corrected chi connectivity index (χ0v) is 13.1. The van der Waals surface area contributed by atoms with Crippen molar-refractivity contribution in [2.45, 2.75) is 41.9 Å². The Morgan fingerprint density at radius 2 is 2.25 bits per heavy atom. The standard InChI is InChI=1S/C15H20N2OS.ClH/c18-15(17-9-7-12-5-3-8-16-12)14-10-11-4-1-2-6-13(11)19-14;/h1-2,4,6,12,14,16H,3,5,7-10H2,(H,17,18);1H/t12-,14?;/m1./s1. The number of benzene rings is 1. The summed E-state index contributed by atoms with van der Waals surface area (Å²) in [5, 5.41) is 6.61. The van der Waals surface area contributed by atoms with E-state index >= 15 is 0 Å². The average molecular weight is 313 g/mol. The molecular weight excluding hydrogens is 292 g/mol. The summed E-state index contributed by atoms with van der Waals surface area (Å²) >= 11 is 1.70. The van der Waals surface area contributed by atoms with Crippen LogP contribution < -0.4 is 10.6 Å². The van der Waals surface area contributed by atoms with Crippen LogP contribution in [0.5, 0.6) is 0 Å². The van der Waals surface area contributed by atoms with Gasteiger partial charge in [-0.05, 0) is 43.9 Å². The highest BCUT2D eigenvalue weighted by molar-refractivity contribution is 8.01. The maximum Gasteiger partial charge on any atom is 0.233 e. The molecule has 0 bridgehead atoms. The normalized spacial score (nSPS) is 24.0. The highest BCUT2D eigenvalue weighted by Crippen LogP contribution is 2.36. The zero-order chi connectivity index (χ0) is 13.1. The summed E-state index contributed by atoms with van der Waals surface area (Å²) in [7, 11) is 0. The number of halogens is 1. The average Bonchev–Trinajstić information content (AvgIpc) is 3.07. The van der Waals surface area contributed by atoms with E-state index in [1.165, 1.54) is 23.3 Å². The molecule has 110 valence electrons. The fourth-order valence-electron chi connectivity index (χ4n) is 2.81. The van der Waals surface area contributed by atoms with Crippen molar-refractivity contribution in [1.29, 1.82) is 0 Å². The molecular formula is C15H21ClN2OS. The zero-order valence-electron chi connectivity index (χ0n) is 11.4. The van der Waals surface area contributed by atoms with E-state index in [-0.39, 0.29) is 23.6 Å².